The van der Waals surface area contributed by atoms with Gasteiger partial charge in [0.25, 0.3) is 0 Å². The number of amides is 1. The number of nitrogens with two attached hydrogens (primary N) is 1. The van der Waals surface area contributed by atoms with E-state index in [1.807, 2.05) is 25.1 Å². The summed E-state index contributed by atoms with van der Waals surface area (Å²) in [4.78, 5) is 12.7. The number of benzene rings is 1. The first-order valence-electron chi connectivity index (χ1n) is 8.36. The van der Waals surface area contributed by atoms with E-state index in [-0.39, 0.29) is 17.9 Å². The lowest BCUT2D eigenvalue weighted by molar-refractivity contribution is -0.128. The quantitative estimate of drug-likeness (QED) is 0.857. The summed E-state index contributed by atoms with van der Waals surface area (Å²) in [5.41, 5.74) is 7.45. The van der Waals surface area contributed by atoms with Crippen molar-refractivity contribution in [3.63, 3.8) is 0 Å². The number of halogens is 1. The molecule has 2 fully saturated rings. The van der Waals surface area contributed by atoms with Gasteiger partial charge in [0.2, 0.25) is 5.91 Å². The van der Waals surface area contributed by atoms with Crippen LogP contribution in [0.5, 0.6) is 0 Å². The van der Waals surface area contributed by atoms with Crippen LogP contribution in [0, 0.1) is 17.8 Å². The zero-order valence-corrected chi connectivity index (χ0v) is 14.7. The molecule has 0 aromatic heterocycles. The van der Waals surface area contributed by atoms with Crippen LogP contribution in [0.25, 0.3) is 0 Å². The third-order valence-electron chi connectivity index (χ3n) is 5.51. The van der Waals surface area contributed by atoms with Gasteiger partial charge in [-0.15, -0.1) is 0 Å². The molecule has 1 amide bonds. The van der Waals surface area contributed by atoms with Crippen LogP contribution in [0.2, 0.25) is 0 Å². The van der Waals surface area contributed by atoms with Crippen molar-refractivity contribution < 1.29 is 4.79 Å². The van der Waals surface area contributed by atoms with Gasteiger partial charge in [-0.25, -0.2) is 0 Å². The highest BCUT2D eigenvalue weighted by Crippen LogP contribution is 2.42. The summed E-state index contributed by atoms with van der Waals surface area (Å²) in [6, 6.07) is 8.42. The van der Waals surface area contributed by atoms with Crippen molar-refractivity contribution in [2.75, 3.05) is 0 Å². The lowest BCUT2D eigenvalue weighted by atomic mass is 9.65. The zero-order chi connectivity index (χ0) is 15.7. The molecule has 2 bridgehead atoms. The van der Waals surface area contributed by atoms with Crippen LogP contribution >= 0.6 is 15.9 Å². The van der Waals surface area contributed by atoms with E-state index in [9.17, 15) is 4.79 Å². The second-order valence-corrected chi connectivity index (χ2v) is 7.80. The summed E-state index contributed by atoms with van der Waals surface area (Å²) in [6.45, 7) is 2.05. The molecule has 2 aliphatic rings. The van der Waals surface area contributed by atoms with Gasteiger partial charge in [0.15, 0.2) is 0 Å². The van der Waals surface area contributed by atoms with Gasteiger partial charge in [-0.2, -0.15) is 0 Å². The fraction of sp³-hybridized carbons (Fsp3) is 0.611. The van der Waals surface area contributed by atoms with E-state index in [1.165, 1.54) is 19.3 Å². The van der Waals surface area contributed by atoms with E-state index >= 15 is 0 Å². The first kappa shape index (κ1) is 16.0. The molecule has 2 saturated carbocycles. The number of carbonyl (C=O) groups excluding carboxylic acids is 1. The highest BCUT2D eigenvalue weighted by Gasteiger charge is 2.40. The average Bonchev–Trinajstić information content (AvgIpc) is 2.47. The van der Waals surface area contributed by atoms with Crippen molar-refractivity contribution >= 4 is 21.8 Å². The van der Waals surface area contributed by atoms with Crippen LogP contribution in [0.15, 0.2) is 28.7 Å². The molecule has 0 aliphatic heterocycles. The molecule has 0 heterocycles. The molecule has 120 valence electrons. The topological polar surface area (TPSA) is 55.1 Å². The fourth-order valence-corrected chi connectivity index (χ4v) is 4.87. The predicted octanol–water partition coefficient (Wildman–Crippen LogP) is 3.78. The molecule has 22 heavy (non-hydrogen) atoms. The zero-order valence-electron chi connectivity index (χ0n) is 13.1. The van der Waals surface area contributed by atoms with Crippen molar-refractivity contribution in [1.29, 1.82) is 0 Å². The van der Waals surface area contributed by atoms with Gasteiger partial charge in [0.05, 0.1) is 6.04 Å². The lowest BCUT2D eigenvalue weighted by Gasteiger charge is -2.43. The van der Waals surface area contributed by atoms with Crippen molar-refractivity contribution in [1.82, 2.24) is 5.32 Å². The Hall–Kier alpha value is -0.870. The van der Waals surface area contributed by atoms with Crippen LogP contribution in [0.4, 0.5) is 0 Å². The number of nitrogens with one attached hydrogen (secondary N) is 1. The highest BCUT2D eigenvalue weighted by molar-refractivity contribution is 9.10. The van der Waals surface area contributed by atoms with Gasteiger partial charge in [-0.3, -0.25) is 4.79 Å². The SMILES string of the molecule is CC(NC(=O)C1CC2CCCC(C1)C2N)c1ccccc1Br. The normalized spacial score (nSPS) is 32.3. The number of hydrogen-bond donors (Lipinski definition) is 2. The van der Waals surface area contributed by atoms with Gasteiger partial charge in [0, 0.05) is 16.4 Å². The molecule has 1 aromatic rings. The second kappa shape index (κ2) is 6.71. The molecule has 1 aromatic carbocycles. The monoisotopic (exact) mass is 364 g/mol. The molecule has 0 saturated heterocycles. The summed E-state index contributed by atoms with van der Waals surface area (Å²) in [6.07, 6.45) is 5.60. The van der Waals surface area contributed by atoms with E-state index in [0.717, 1.165) is 22.9 Å². The number of rotatable bonds is 3. The molecule has 0 spiro atoms. The Morgan fingerprint density at radius 1 is 1.27 bits per heavy atom. The third kappa shape index (κ3) is 3.23. The molecule has 4 heteroatoms. The molecule has 2 aliphatic carbocycles. The standard InChI is InChI=1S/C18H25BrN2O/c1-11(15-7-2-3-8-16(15)19)21-18(22)14-9-12-5-4-6-13(10-14)17(12)20/h2-3,7-8,11-14,17H,4-6,9-10,20H2,1H3,(H,21,22). The molecule has 0 radical (unpaired) electrons. The summed E-state index contributed by atoms with van der Waals surface area (Å²) in [5.74, 6) is 1.43. The minimum absolute atomic E-state index is 0.0264. The van der Waals surface area contributed by atoms with Crippen LogP contribution in [-0.4, -0.2) is 11.9 Å². The minimum Gasteiger partial charge on any atom is -0.349 e. The Morgan fingerprint density at radius 3 is 2.55 bits per heavy atom. The Labute approximate surface area is 141 Å². The smallest absolute Gasteiger partial charge is 0.223 e. The maximum absolute atomic E-state index is 12.7. The van der Waals surface area contributed by atoms with E-state index < -0.39 is 0 Å². The first-order valence-corrected chi connectivity index (χ1v) is 9.16. The van der Waals surface area contributed by atoms with Gasteiger partial charge in [-0.05, 0) is 56.1 Å². The van der Waals surface area contributed by atoms with Crippen LogP contribution in [0.3, 0.4) is 0 Å². The summed E-state index contributed by atoms with van der Waals surface area (Å²) < 4.78 is 1.05. The average molecular weight is 365 g/mol. The predicted molar refractivity (Wildman–Crippen MR) is 92.2 cm³/mol. The molecule has 3 rings (SSSR count). The Bertz CT molecular complexity index is 534. The van der Waals surface area contributed by atoms with E-state index in [1.54, 1.807) is 0 Å². The van der Waals surface area contributed by atoms with Crippen LogP contribution in [-0.2, 0) is 4.79 Å². The van der Waals surface area contributed by atoms with Crippen LogP contribution < -0.4 is 11.1 Å². The molecule has 3 nitrogen and oxygen atoms in total. The Morgan fingerprint density at radius 2 is 1.91 bits per heavy atom. The molecule has 3 unspecified atom stereocenters. The second-order valence-electron chi connectivity index (χ2n) is 6.95. The van der Waals surface area contributed by atoms with Crippen molar-refractivity contribution in [2.24, 2.45) is 23.5 Å². The third-order valence-corrected chi connectivity index (χ3v) is 6.24. The molecule has 3 N–H and O–H groups in total. The van der Waals surface area contributed by atoms with Gasteiger partial charge in [-0.1, -0.05) is 40.5 Å². The van der Waals surface area contributed by atoms with Gasteiger partial charge >= 0.3 is 0 Å². The lowest BCUT2D eigenvalue weighted by Crippen LogP contribution is -2.49. The van der Waals surface area contributed by atoms with E-state index in [2.05, 4.69) is 27.3 Å². The fourth-order valence-electron chi connectivity index (χ4n) is 4.24. The largest absolute Gasteiger partial charge is 0.349 e. The van der Waals surface area contributed by atoms with Gasteiger partial charge in [0.1, 0.15) is 0 Å². The van der Waals surface area contributed by atoms with Gasteiger partial charge < -0.3 is 11.1 Å². The summed E-state index contributed by atoms with van der Waals surface area (Å²) in [5, 5.41) is 3.20. The van der Waals surface area contributed by atoms with Crippen LogP contribution in [0.1, 0.15) is 50.6 Å². The molecular formula is C18H25BrN2O. The maximum atomic E-state index is 12.7. The molecular weight excluding hydrogens is 340 g/mol. The number of fused-ring (bicyclic) bond motifs is 2. The Kier molecular flexibility index (Phi) is 4.88. The first-order chi connectivity index (χ1) is 10.6. The number of hydrogen-bond acceptors (Lipinski definition) is 2. The molecule has 3 atom stereocenters. The Balaban J connectivity index is 1.64. The summed E-state index contributed by atoms with van der Waals surface area (Å²) >= 11 is 3.56. The van der Waals surface area contributed by atoms with Crippen molar-refractivity contribution in [3.8, 4) is 0 Å². The van der Waals surface area contributed by atoms with E-state index in [0.29, 0.717) is 17.9 Å². The highest BCUT2D eigenvalue weighted by atomic mass is 79.9. The van der Waals surface area contributed by atoms with Crippen molar-refractivity contribution in [3.05, 3.63) is 34.3 Å². The van der Waals surface area contributed by atoms with Crippen molar-refractivity contribution in [2.45, 2.75) is 51.1 Å². The summed E-state index contributed by atoms with van der Waals surface area (Å²) in [7, 11) is 0. The maximum Gasteiger partial charge on any atom is 0.223 e. The minimum atomic E-state index is 0.0264. The number of carbonyl (C=O) groups is 1. The van der Waals surface area contributed by atoms with E-state index in [4.69, 9.17) is 5.73 Å².